The standard InChI is InChI=1S/C19H30N4/c1-14(2)22-11-7-8-15(12-22)17-21-16-9-6-10-20-18(16)23(17)13-19(3,4)5/h6,9-10,14-15H,7-8,11-13H2,1-5H3. The molecule has 0 radical (unpaired) electrons. The summed E-state index contributed by atoms with van der Waals surface area (Å²) >= 11 is 0. The first-order valence-electron chi connectivity index (χ1n) is 8.90. The Bertz CT molecular complexity index is 666. The molecule has 3 rings (SSSR count). The van der Waals surface area contributed by atoms with Gasteiger partial charge in [-0.25, -0.2) is 9.97 Å². The van der Waals surface area contributed by atoms with E-state index in [2.05, 4.69) is 55.1 Å². The molecule has 1 aliphatic rings. The van der Waals surface area contributed by atoms with Crippen molar-refractivity contribution in [2.24, 2.45) is 5.41 Å². The quantitative estimate of drug-likeness (QED) is 0.856. The zero-order chi connectivity index (χ0) is 16.6. The first-order chi connectivity index (χ1) is 10.8. The van der Waals surface area contributed by atoms with Gasteiger partial charge in [-0.2, -0.15) is 0 Å². The Balaban J connectivity index is 2.00. The number of hydrogen-bond donors (Lipinski definition) is 0. The van der Waals surface area contributed by atoms with Crippen LogP contribution in [-0.2, 0) is 6.54 Å². The molecule has 0 spiro atoms. The molecule has 1 saturated heterocycles. The van der Waals surface area contributed by atoms with Gasteiger partial charge in [-0.1, -0.05) is 20.8 Å². The van der Waals surface area contributed by atoms with E-state index in [1.54, 1.807) is 0 Å². The van der Waals surface area contributed by atoms with E-state index in [0.29, 0.717) is 12.0 Å². The lowest BCUT2D eigenvalue weighted by molar-refractivity contribution is 0.162. The molecule has 0 saturated carbocycles. The third-order valence-electron chi connectivity index (χ3n) is 4.71. The zero-order valence-corrected chi connectivity index (χ0v) is 15.2. The first kappa shape index (κ1) is 16.4. The molecule has 2 aromatic heterocycles. The number of nitrogens with zero attached hydrogens (tertiary/aromatic N) is 4. The summed E-state index contributed by atoms with van der Waals surface area (Å²) in [6.45, 7) is 14.7. The lowest BCUT2D eigenvalue weighted by Gasteiger charge is -2.35. The van der Waals surface area contributed by atoms with Gasteiger partial charge in [0.1, 0.15) is 11.3 Å². The van der Waals surface area contributed by atoms with E-state index in [9.17, 15) is 0 Å². The van der Waals surface area contributed by atoms with Crippen molar-refractivity contribution in [3.8, 4) is 0 Å². The van der Waals surface area contributed by atoms with E-state index in [1.165, 1.54) is 25.2 Å². The third-order valence-corrected chi connectivity index (χ3v) is 4.71. The number of fused-ring (bicyclic) bond motifs is 1. The molecule has 1 atom stereocenters. The molecule has 1 unspecified atom stereocenters. The van der Waals surface area contributed by atoms with E-state index in [-0.39, 0.29) is 5.41 Å². The molecule has 0 amide bonds. The molecule has 0 N–H and O–H groups in total. The van der Waals surface area contributed by atoms with Crippen molar-refractivity contribution in [1.29, 1.82) is 0 Å². The van der Waals surface area contributed by atoms with E-state index < -0.39 is 0 Å². The topological polar surface area (TPSA) is 34.0 Å². The maximum atomic E-state index is 4.99. The van der Waals surface area contributed by atoms with Gasteiger partial charge in [-0.15, -0.1) is 0 Å². The fourth-order valence-electron chi connectivity index (χ4n) is 3.60. The van der Waals surface area contributed by atoms with Gasteiger partial charge in [0.05, 0.1) is 0 Å². The van der Waals surface area contributed by atoms with E-state index in [0.717, 1.165) is 24.3 Å². The van der Waals surface area contributed by atoms with Gasteiger partial charge < -0.3 is 9.47 Å². The summed E-state index contributed by atoms with van der Waals surface area (Å²) in [6, 6.07) is 4.69. The Hall–Kier alpha value is -1.42. The number of aromatic nitrogens is 3. The number of pyridine rings is 1. The number of imidazole rings is 1. The maximum absolute atomic E-state index is 4.99. The van der Waals surface area contributed by atoms with Crippen LogP contribution in [0.3, 0.4) is 0 Å². The molecule has 0 aliphatic carbocycles. The monoisotopic (exact) mass is 314 g/mol. The minimum Gasteiger partial charge on any atom is -0.312 e. The molecule has 1 aliphatic heterocycles. The van der Waals surface area contributed by atoms with E-state index in [4.69, 9.17) is 4.98 Å². The van der Waals surface area contributed by atoms with Crippen molar-refractivity contribution in [2.75, 3.05) is 13.1 Å². The van der Waals surface area contributed by atoms with Crippen LogP contribution in [0.4, 0.5) is 0 Å². The molecule has 3 heterocycles. The van der Waals surface area contributed by atoms with Crippen LogP contribution in [-0.4, -0.2) is 38.6 Å². The second-order valence-electron chi connectivity index (χ2n) is 8.39. The smallest absolute Gasteiger partial charge is 0.160 e. The first-order valence-corrected chi connectivity index (χ1v) is 8.90. The highest BCUT2D eigenvalue weighted by Gasteiger charge is 2.28. The molecule has 23 heavy (non-hydrogen) atoms. The minimum atomic E-state index is 0.215. The van der Waals surface area contributed by atoms with E-state index in [1.807, 2.05) is 12.3 Å². The van der Waals surface area contributed by atoms with Crippen molar-refractivity contribution < 1.29 is 0 Å². The Morgan fingerprint density at radius 2 is 2.09 bits per heavy atom. The van der Waals surface area contributed by atoms with Crippen molar-refractivity contribution in [3.63, 3.8) is 0 Å². The Morgan fingerprint density at radius 3 is 2.78 bits per heavy atom. The molecule has 4 heteroatoms. The maximum Gasteiger partial charge on any atom is 0.160 e. The van der Waals surface area contributed by atoms with Crippen LogP contribution >= 0.6 is 0 Å². The van der Waals surface area contributed by atoms with Gasteiger partial charge in [-0.05, 0) is 50.8 Å². The van der Waals surface area contributed by atoms with Crippen LogP contribution in [0.1, 0.15) is 59.2 Å². The summed E-state index contributed by atoms with van der Waals surface area (Å²) in [4.78, 5) is 12.2. The van der Waals surface area contributed by atoms with Crippen molar-refractivity contribution in [1.82, 2.24) is 19.4 Å². The summed E-state index contributed by atoms with van der Waals surface area (Å²) in [5.41, 5.74) is 2.29. The van der Waals surface area contributed by atoms with Gasteiger partial charge in [0.25, 0.3) is 0 Å². The zero-order valence-electron chi connectivity index (χ0n) is 15.2. The highest BCUT2D eigenvalue weighted by Crippen LogP contribution is 2.31. The SMILES string of the molecule is CC(C)N1CCCC(c2nc3cccnc3n2CC(C)(C)C)C1. The van der Waals surface area contributed by atoms with Gasteiger partial charge in [0, 0.05) is 31.2 Å². The molecule has 126 valence electrons. The second kappa shape index (κ2) is 6.23. The fourth-order valence-corrected chi connectivity index (χ4v) is 3.60. The number of piperidine rings is 1. The van der Waals surface area contributed by atoms with Crippen molar-refractivity contribution in [2.45, 2.75) is 66.0 Å². The van der Waals surface area contributed by atoms with E-state index >= 15 is 0 Å². The summed E-state index contributed by atoms with van der Waals surface area (Å²) in [5, 5.41) is 0. The number of rotatable bonds is 3. The van der Waals surface area contributed by atoms with Gasteiger partial charge in [-0.3, -0.25) is 0 Å². The average Bonchev–Trinajstić information content (AvgIpc) is 2.84. The minimum absolute atomic E-state index is 0.215. The van der Waals surface area contributed by atoms with Gasteiger partial charge >= 0.3 is 0 Å². The average molecular weight is 314 g/mol. The number of likely N-dealkylation sites (tertiary alicyclic amines) is 1. The fraction of sp³-hybridized carbons (Fsp3) is 0.684. The lowest BCUT2D eigenvalue weighted by Crippen LogP contribution is -2.40. The molecule has 4 nitrogen and oxygen atoms in total. The molecule has 2 aromatic rings. The Morgan fingerprint density at radius 1 is 1.30 bits per heavy atom. The summed E-state index contributed by atoms with van der Waals surface area (Å²) < 4.78 is 2.38. The number of hydrogen-bond acceptors (Lipinski definition) is 3. The molecule has 0 bridgehead atoms. The van der Waals surface area contributed by atoms with Crippen LogP contribution in [0, 0.1) is 5.41 Å². The van der Waals surface area contributed by atoms with Crippen LogP contribution < -0.4 is 0 Å². The van der Waals surface area contributed by atoms with Crippen LogP contribution in [0.25, 0.3) is 11.2 Å². The predicted octanol–water partition coefficient (Wildman–Crippen LogP) is 4.07. The molecular weight excluding hydrogens is 284 g/mol. The summed E-state index contributed by atoms with van der Waals surface area (Å²) in [5.74, 6) is 1.75. The molecule has 1 fully saturated rings. The van der Waals surface area contributed by atoms with Gasteiger partial charge in [0.15, 0.2) is 5.65 Å². The highest BCUT2D eigenvalue weighted by molar-refractivity contribution is 5.71. The normalized spacial score (nSPS) is 20.5. The van der Waals surface area contributed by atoms with Crippen molar-refractivity contribution >= 4 is 11.2 Å². The lowest BCUT2D eigenvalue weighted by atomic mass is 9.94. The van der Waals surface area contributed by atoms with Crippen molar-refractivity contribution in [3.05, 3.63) is 24.2 Å². The van der Waals surface area contributed by atoms with Gasteiger partial charge in [0.2, 0.25) is 0 Å². The molecular formula is C19H30N4. The predicted molar refractivity (Wildman–Crippen MR) is 95.7 cm³/mol. The Kier molecular flexibility index (Phi) is 4.45. The van der Waals surface area contributed by atoms with Crippen LogP contribution in [0.5, 0.6) is 0 Å². The second-order valence-corrected chi connectivity index (χ2v) is 8.39. The Labute approximate surface area is 139 Å². The molecule has 0 aromatic carbocycles. The summed E-state index contributed by atoms with van der Waals surface area (Å²) in [7, 11) is 0. The third kappa shape index (κ3) is 3.57. The van der Waals surface area contributed by atoms with Crippen LogP contribution in [0.15, 0.2) is 18.3 Å². The van der Waals surface area contributed by atoms with Crippen LogP contribution in [0.2, 0.25) is 0 Å². The largest absolute Gasteiger partial charge is 0.312 e. The highest BCUT2D eigenvalue weighted by atomic mass is 15.2. The summed E-state index contributed by atoms with van der Waals surface area (Å²) in [6.07, 6.45) is 4.37.